The fourth-order valence-electron chi connectivity index (χ4n) is 1.10. The zero-order chi connectivity index (χ0) is 8.81. The summed E-state index contributed by atoms with van der Waals surface area (Å²) in [7, 11) is 0. The molecule has 1 atom stereocenters. The number of carbonyl (C=O) groups is 1. The summed E-state index contributed by atoms with van der Waals surface area (Å²) in [6.07, 6.45) is 0.954. The van der Waals surface area contributed by atoms with Gasteiger partial charge in [-0.2, -0.15) is 0 Å². The summed E-state index contributed by atoms with van der Waals surface area (Å²) in [5.74, 6) is -0.209. The van der Waals surface area contributed by atoms with Gasteiger partial charge in [0, 0.05) is 6.61 Å². The lowest BCUT2D eigenvalue weighted by molar-refractivity contribution is -0.146. The van der Waals surface area contributed by atoms with Gasteiger partial charge in [0.1, 0.15) is 6.04 Å². The largest absolute Gasteiger partial charge is 0.465 e. The fraction of sp³-hybridized carbons (Fsp3) is 0.875. The zero-order valence-corrected chi connectivity index (χ0v) is 7.34. The summed E-state index contributed by atoms with van der Waals surface area (Å²) in [6, 6.07) is -0.271. The first-order chi connectivity index (χ1) is 5.84. The van der Waals surface area contributed by atoms with E-state index in [9.17, 15) is 4.79 Å². The number of hydrogen-bond acceptors (Lipinski definition) is 4. The molecule has 1 fully saturated rings. The topological polar surface area (TPSA) is 47.6 Å². The van der Waals surface area contributed by atoms with Crippen molar-refractivity contribution in [3.8, 4) is 0 Å². The molecule has 1 heterocycles. The van der Waals surface area contributed by atoms with Crippen molar-refractivity contribution in [1.29, 1.82) is 0 Å². The number of esters is 1. The molecule has 4 nitrogen and oxygen atoms in total. The Bertz CT molecular complexity index is 141. The second-order valence-corrected chi connectivity index (χ2v) is 2.69. The van der Waals surface area contributed by atoms with E-state index < -0.39 is 0 Å². The van der Waals surface area contributed by atoms with Crippen molar-refractivity contribution in [3.05, 3.63) is 0 Å². The molecular formula is C8H15NO3. The van der Waals surface area contributed by atoms with Gasteiger partial charge < -0.3 is 14.8 Å². The molecule has 70 valence electrons. The molecule has 1 N–H and O–H groups in total. The number of nitrogens with one attached hydrogen (secondary N) is 1. The summed E-state index contributed by atoms with van der Waals surface area (Å²) in [4.78, 5) is 11.2. The highest BCUT2D eigenvalue weighted by atomic mass is 16.5. The summed E-state index contributed by atoms with van der Waals surface area (Å²) < 4.78 is 10.1. The van der Waals surface area contributed by atoms with Crippen LogP contribution in [0, 0.1) is 0 Å². The minimum atomic E-state index is -0.271. The lowest BCUT2D eigenvalue weighted by Gasteiger charge is -2.12. The van der Waals surface area contributed by atoms with Crippen molar-refractivity contribution in [3.63, 3.8) is 0 Å². The van der Waals surface area contributed by atoms with Crippen LogP contribution in [-0.2, 0) is 14.3 Å². The van der Waals surface area contributed by atoms with E-state index >= 15 is 0 Å². The molecule has 12 heavy (non-hydrogen) atoms. The first-order valence-corrected chi connectivity index (χ1v) is 4.32. The lowest BCUT2D eigenvalue weighted by Crippen LogP contribution is -2.40. The van der Waals surface area contributed by atoms with Gasteiger partial charge >= 0.3 is 5.97 Å². The van der Waals surface area contributed by atoms with Crippen molar-refractivity contribution in [2.24, 2.45) is 0 Å². The molecule has 0 saturated carbocycles. The van der Waals surface area contributed by atoms with E-state index in [1.54, 1.807) is 6.92 Å². The molecule has 0 unspecified atom stereocenters. The predicted molar refractivity (Wildman–Crippen MR) is 43.9 cm³/mol. The molecular weight excluding hydrogens is 158 g/mol. The Balaban J connectivity index is 2.32. The second-order valence-electron chi connectivity index (χ2n) is 2.69. The van der Waals surface area contributed by atoms with E-state index in [4.69, 9.17) is 9.47 Å². The van der Waals surface area contributed by atoms with Crippen molar-refractivity contribution in [2.75, 3.05) is 26.4 Å². The van der Waals surface area contributed by atoms with Gasteiger partial charge in [-0.15, -0.1) is 0 Å². The minimum absolute atomic E-state index is 0.209. The maximum Gasteiger partial charge on any atom is 0.325 e. The summed E-state index contributed by atoms with van der Waals surface area (Å²) in [5, 5.41) is 3.07. The Hall–Kier alpha value is -0.610. The molecule has 0 amide bonds. The lowest BCUT2D eigenvalue weighted by atomic mass is 10.3. The quantitative estimate of drug-likeness (QED) is 0.594. The van der Waals surface area contributed by atoms with E-state index in [1.165, 1.54) is 0 Å². The monoisotopic (exact) mass is 173 g/mol. The molecule has 0 aromatic carbocycles. The molecule has 0 aliphatic carbocycles. The summed E-state index contributed by atoms with van der Waals surface area (Å²) >= 11 is 0. The third-order valence-electron chi connectivity index (χ3n) is 1.71. The van der Waals surface area contributed by atoms with Gasteiger partial charge in [0.05, 0.1) is 13.2 Å². The van der Waals surface area contributed by atoms with Crippen LogP contribution in [0.25, 0.3) is 0 Å². The van der Waals surface area contributed by atoms with E-state index in [-0.39, 0.29) is 12.0 Å². The van der Waals surface area contributed by atoms with Gasteiger partial charge in [0.25, 0.3) is 0 Å². The molecule has 1 saturated heterocycles. The average Bonchev–Trinajstić information content (AvgIpc) is 2.32. The van der Waals surface area contributed by atoms with Crippen LogP contribution in [0.2, 0.25) is 0 Å². The van der Waals surface area contributed by atoms with Gasteiger partial charge in [-0.3, -0.25) is 4.79 Å². The van der Waals surface area contributed by atoms with Gasteiger partial charge in [0.2, 0.25) is 0 Å². The molecule has 1 rings (SSSR count). The van der Waals surface area contributed by atoms with E-state index in [0.717, 1.165) is 19.6 Å². The fourth-order valence-corrected chi connectivity index (χ4v) is 1.10. The van der Waals surface area contributed by atoms with Crippen LogP contribution in [0.5, 0.6) is 0 Å². The number of rotatable bonds is 2. The smallest absolute Gasteiger partial charge is 0.325 e. The SMILES string of the molecule is CCOC(=O)[C@@H]1COCCCN1. The first kappa shape index (κ1) is 9.48. The average molecular weight is 173 g/mol. The highest BCUT2D eigenvalue weighted by Gasteiger charge is 2.20. The molecule has 1 aliphatic rings. The maximum atomic E-state index is 11.2. The van der Waals surface area contributed by atoms with Gasteiger partial charge in [-0.05, 0) is 19.9 Å². The van der Waals surface area contributed by atoms with Crippen LogP contribution >= 0.6 is 0 Å². The first-order valence-electron chi connectivity index (χ1n) is 4.32. The van der Waals surface area contributed by atoms with Gasteiger partial charge in [-0.1, -0.05) is 0 Å². The van der Waals surface area contributed by atoms with Crippen LogP contribution in [0.3, 0.4) is 0 Å². The van der Waals surface area contributed by atoms with Gasteiger partial charge in [-0.25, -0.2) is 0 Å². The molecule has 0 bridgehead atoms. The molecule has 0 radical (unpaired) electrons. The zero-order valence-electron chi connectivity index (χ0n) is 7.34. The third-order valence-corrected chi connectivity index (χ3v) is 1.71. The van der Waals surface area contributed by atoms with Crippen molar-refractivity contribution in [1.82, 2.24) is 5.32 Å². The van der Waals surface area contributed by atoms with Crippen molar-refractivity contribution in [2.45, 2.75) is 19.4 Å². The highest BCUT2D eigenvalue weighted by Crippen LogP contribution is 1.96. The van der Waals surface area contributed by atoms with Crippen LogP contribution in [-0.4, -0.2) is 38.4 Å². The number of carbonyl (C=O) groups excluding carboxylic acids is 1. The van der Waals surface area contributed by atoms with Crippen LogP contribution < -0.4 is 5.32 Å². The van der Waals surface area contributed by atoms with Crippen LogP contribution in [0.15, 0.2) is 0 Å². The number of hydrogen-bond donors (Lipinski definition) is 1. The standard InChI is InChI=1S/C8H15NO3/c1-2-12-8(10)7-6-11-5-3-4-9-7/h7,9H,2-6H2,1H3/t7-/m0/s1. The van der Waals surface area contributed by atoms with Gasteiger partial charge in [0.15, 0.2) is 0 Å². The molecule has 0 spiro atoms. The molecule has 0 aromatic heterocycles. The highest BCUT2D eigenvalue weighted by molar-refractivity contribution is 5.75. The Kier molecular flexibility index (Phi) is 4.04. The Morgan fingerprint density at radius 2 is 2.58 bits per heavy atom. The second kappa shape index (κ2) is 5.11. The molecule has 1 aliphatic heterocycles. The van der Waals surface area contributed by atoms with Crippen LogP contribution in [0.1, 0.15) is 13.3 Å². The Morgan fingerprint density at radius 1 is 1.75 bits per heavy atom. The summed E-state index contributed by atoms with van der Waals surface area (Å²) in [6.45, 7) is 4.21. The normalized spacial score (nSPS) is 24.6. The molecule has 4 heteroatoms. The van der Waals surface area contributed by atoms with E-state index in [2.05, 4.69) is 5.32 Å². The predicted octanol–water partition coefficient (Wildman–Crippen LogP) is -0.0720. The Morgan fingerprint density at radius 3 is 3.33 bits per heavy atom. The maximum absolute atomic E-state index is 11.2. The number of ether oxygens (including phenoxy) is 2. The van der Waals surface area contributed by atoms with Crippen molar-refractivity contribution < 1.29 is 14.3 Å². The Labute approximate surface area is 72.2 Å². The van der Waals surface area contributed by atoms with E-state index in [0.29, 0.717) is 13.2 Å². The third kappa shape index (κ3) is 2.79. The molecule has 0 aromatic rings. The summed E-state index contributed by atoms with van der Waals surface area (Å²) in [5.41, 5.74) is 0. The van der Waals surface area contributed by atoms with Crippen molar-refractivity contribution >= 4 is 5.97 Å². The van der Waals surface area contributed by atoms with E-state index in [1.807, 2.05) is 0 Å². The minimum Gasteiger partial charge on any atom is -0.465 e. The van der Waals surface area contributed by atoms with Crippen LogP contribution in [0.4, 0.5) is 0 Å².